The lowest BCUT2D eigenvalue weighted by atomic mass is 10.1. The molecule has 2 saturated heterocycles. The molecule has 0 bridgehead atoms. The fourth-order valence-corrected chi connectivity index (χ4v) is 3.64. The maximum atomic E-state index is 12.2. The molecule has 0 aliphatic carbocycles. The zero-order valence-corrected chi connectivity index (χ0v) is 14.4. The third-order valence-corrected chi connectivity index (χ3v) is 5.09. The Kier molecular flexibility index (Phi) is 5.24. The van der Waals surface area contributed by atoms with Crippen LogP contribution in [-0.2, 0) is 9.59 Å². The van der Waals surface area contributed by atoms with Crippen LogP contribution in [0, 0.1) is 0 Å². The van der Waals surface area contributed by atoms with Gasteiger partial charge < -0.3 is 26.4 Å². The Morgan fingerprint density at radius 3 is 2.68 bits per heavy atom. The second-order valence-electron chi connectivity index (χ2n) is 6.93. The Balaban J connectivity index is 1.61. The van der Waals surface area contributed by atoms with E-state index in [-0.39, 0.29) is 29.9 Å². The van der Waals surface area contributed by atoms with E-state index in [1.165, 1.54) is 0 Å². The topological polar surface area (TPSA) is 108 Å². The predicted molar refractivity (Wildman–Crippen MR) is 95.0 cm³/mol. The summed E-state index contributed by atoms with van der Waals surface area (Å²) < 4.78 is 0. The number of primary amides is 1. The van der Waals surface area contributed by atoms with Gasteiger partial charge in [0.05, 0.1) is 18.2 Å². The van der Waals surface area contributed by atoms with Crippen LogP contribution >= 0.6 is 0 Å². The molecular weight excluding hydrogens is 320 g/mol. The standard InChI is InChI=1S/C18H26N4O3/c1-11(21-18(25)15-9-14(23)10-20-15)12-4-6-13(7-5-12)22-8-2-3-16(22)17(19)24/h4-7,11,14-16,20,23H,2-3,8-10H2,1H3,(H2,19,24)(H,21,25)/t11-,14+,15-,16-/m0/s1. The summed E-state index contributed by atoms with van der Waals surface area (Å²) in [6.07, 6.45) is 1.75. The molecule has 136 valence electrons. The zero-order chi connectivity index (χ0) is 18.0. The van der Waals surface area contributed by atoms with Gasteiger partial charge in [-0.25, -0.2) is 0 Å². The molecule has 2 aliphatic heterocycles. The van der Waals surface area contributed by atoms with Gasteiger partial charge in [0.1, 0.15) is 6.04 Å². The molecule has 2 aliphatic rings. The van der Waals surface area contributed by atoms with Crippen LogP contribution in [0.15, 0.2) is 24.3 Å². The number of nitrogens with two attached hydrogens (primary N) is 1. The number of hydrogen-bond acceptors (Lipinski definition) is 5. The maximum absolute atomic E-state index is 12.2. The first-order valence-electron chi connectivity index (χ1n) is 8.83. The molecular formula is C18H26N4O3. The molecule has 0 saturated carbocycles. The number of hydrogen-bond donors (Lipinski definition) is 4. The van der Waals surface area contributed by atoms with Crippen molar-refractivity contribution in [3.63, 3.8) is 0 Å². The van der Waals surface area contributed by atoms with Crippen molar-refractivity contribution in [2.24, 2.45) is 5.73 Å². The van der Waals surface area contributed by atoms with Gasteiger partial charge in [-0.05, 0) is 43.9 Å². The van der Waals surface area contributed by atoms with Crippen LogP contribution in [0.3, 0.4) is 0 Å². The average molecular weight is 346 g/mol. The summed E-state index contributed by atoms with van der Waals surface area (Å²) in [4.78, 5) is 25.8. The van der Waals surface area contributed by atoms with Crippen molar-refractivity contribution in [1.29, 1.82) is 0 Å². The highest BCUT2D eigenvalue weighted by molar-refractivity contribution is 5.84. The molecule has 2 amide bonds. The molecule has 2 heterocycles. The van der Waals surface area contributed by atoms with E-state index in [0.29, 0.717) is 13.0 Å². The number of benzene rings is 1. The number of nitrogens with zero attached hydrogens (tertiary/aromatic N) is 1. The molecule has 0 aromatic heterocycles. The first kappa shape index (κ1) is 17.7. The van der Waals surface area contributed by atoms with Crippen molar-refractivity contribution < 1.29 is 14.7 Å². The van der Waals surface area contributed by atoms with Gasteiger partial charge >= 0.3 is 0 Å². The number of carbonyl (C=O) groups excluding carboxylic acids is 2. The molecule has 7 heteroatoms. The van der Waals surface area contributed by atoms with Crippen molar-refractivity contribution in [1.82, 2.24) is 10.6 Å². The number of rotatable bonds is 5. The van der Waals surface area contributed by atoms with Crippen LogP contribution in [0.25, 0.3) is 0 Å². The molecule has 3 rings (SSSR count). The lowest BCUT2D eigenvalue weighted by molar-refractivity contribution is -0.123. The van der Waals surface area contributed by atoms with Gasteiger partial charge in [0.25, 0.3) is 0 Å². The second-order valence-corrected chi connectivity index (χ2v) is 6.93. The number of anilines is 1. The Labute approximate surface area is 147 Å². The minimum Gasteiger partial charge on any atom is -0.392 e. The van der Waals surface area contributed by atoms with Gasteiger partial charge in [-0.3, -0.25) is 9.59 Å². The molecule has 0 unspecified atom stereocenters. The molecule has 1 aromatic rings. The summed E-state index contributed by atoms with van der Waals surface area (Å²) in [5, 5.41) is 15.5. The molecule has 25 heavy (non-hydrogen) atoms. The van der Waals surface area contributed by atoms with E-state index in [1.807, 2.05) is 36.1 Å². The third-order valence-electron chi connectivity index (χ3n) is 5.09. The number of aliphatic hydroxyl groups is 1. The van der Waals surface area contributed by atoms with Gasteiger partial charge in [-0.1, -0.05) is 12.1 Å². The summed E-state index contributed by atoms with van der Waals surface area (Å²) in [6, 6.07) is 7.17. The summed E-state index contributed by atoms with van der Waals surface area (Å²) in [6.45, 7) is 3.22. The molecule has 7 nitrogen and oxygen atoms in total. The Morgan fingerprint density at radius 2 is 2.08 bits per heavy atom. The molecule has 0 spiro atoms. The lowest BCUT2D eigenvalue weighted by Crippen LogP contribution is -2.41. The lowest BCUT2D eigenvalue weighted by Gasteiger charge is -2.25. The van der Waals surface area contributed by atoms with E-state index < -0.39 is 6.10 Å². The fourth-order valence-electron chi connectivity index (χ4n) is 3.64. The van der Waals surface area contributed by atoms with E-state index in [2.05, 4.69) is 10.6 Å². The van der Waals surface area contributed by atoms with Gasteiger partial charge in [-0.15, -0.1) is 0 Å². The minimum absolute atomic E-state index is 0.0959. The molecule has 5 N–H and O–H groups in total. The monoisotopic (exact) mass is 346 g/mol. The van der Waals surface area contributed by atoms with Crippen LogP contribution in [0.4, 0.5) is 5.69 Å². The van der Waals surface area contributed by atoms with E-state index in [4.69, 9.17) is 5.73 Å². The number of β-amino-alcohol motifs (C(OH)–C–C–N with tert-alkyl or cyclic N) is 1. The van der Waals surface area contributed by atoms with Crippen molar-refractivity contribution in [3.8, 4) is 0 Å². The highest BCUT2D eigenvalue weighted by atomic mass is 16.3. The number of carbonyl (C=O) groups is 2. The maximum Gasteiger partial charge on any atom is 0.240 e. The van der Waals surface area contributed by atoms with E-state index in [9.17, 15) is 14.7 Å². The van der Waals surface area contributed by atoms with Gasteiger partial charge in [0.15, 0.2) is 0 Å². The summed E-state index contributed by atoms with van der Waals surface area (Å²) in [5.74, 6) is -0.380. The minimum atomic E-state index is -0.455. The normalized spacial score (nSPS) is 27.3. The number of amides is 2. The number of aliphatic hydroxyl groups excluding tert-OH is 1. The molecule has 1 aromatic carbocycles. The highest BCUT2D eigenvalue weighted by Gasteiger charge is 2.30. The highest BCUT2D eigenvalue weighted by Crippen LogP contribution is 2.27. The first-order valence-corrected chi connectivity index (χ1v) is 8.83. The van der Waals surface area contributed by atoms with E-state index in [0.717, 1.165) is 30.6 Å². The summed E-state index contributed by atoms with van der Waals surface area (Å²) in [7, 11) is 0. The van der Waals surface area contributed by atoms with Gasteiger partial charge in [0.2, 0.25) is 11.8 Å². The number of nitrogens with one attached hydrogen (secondary N) is 2. The summed E-state index contributed by atoms with van der Waals surface area (Å²) in [5.41, 5.74) is 7.44. The van der Waals surface area contributed by atoms with Crippen molar-refractivity contribution in [2.75, 3.05) is 18.0 Å². The molecule has 0 radical (unpaired) electrons. The third kappa shape index (κ3) is 3.93. The Morgan fingerprint density at radius 1 is 1.36 bits per heavy atom. The van der Waals surface area contributed by atoms with Crippen LogP contribution in [0.5, 0.6) is 0 Å². The summed E-state index contributed by atoms with van der Waals surface area (Å²) >= 11 is 0. The quantitative estimate of drug-likeness (QED) is 0.602. The van der Waals surface area contributed by atoms with Gasteiger partial charge in [0, 0.05) is 18.8 Å². The Hall–Kier alpha value is -2.12. The van der Waals surface area contributed by atoms with Gasteiger partial charge in [-0.2, -0.15) is 0 Å². The second kappa shape index (κ2) is 7.41. The van der Waals surface area contributed by atoms with Crippen molar-refractivity contribution >= 4 is 17.5 Å². The van der Waals surface area contributed by atoms with E-state index >= 15 is 0 Å². The Bertz CT molecular complexity index is 634. The van der Waals surface area contributed by atoms with Crippen LogP contribution in [0.1, 0.15) is 37.8 Å². The van der Waals surface area contributed by atoms with Crippen LogP contribution in [-0.4, -0.2) is 48.2 Å². The van der Waals surface area contributed by atoms with Crippen molar-refractivity contribution in [3.05, 3.63) is 29.8 Å². The smallest absolute Gasteiger partial charge is 0.240 e. The fraction of sp³-hybridized carbons (Fsp3) is 0.556. The SMILES string of the molecule is C[C@H](NC(=O)[C@@H]1C[C@@H](O)CN1)c1ccc(N2CCC[C@H]2C(N)=O)cc1. The zero-order valence-electron chi connectivity index (χ0n) is 14.4. The van der Waals surface area contributed by atoms with Crippen LogP contribution in [0.2, 0.25) is 0 Å². The van der Waals surface area contributed by atoms with Crippen LogP contribution < -0.4 is 21.3 Å². The predicted octanol–water partition coefficient (Wildman–Crippen LogP) is 0.0407. The van der Waals surface area contributed by atoms with Crippen molar-refractivity contribution in [2.45, 2.75) is 50.4 Å². The molecule has 4 atom stereocenters. The molecule has 2 fully saturated rings. The first-order chi connectivity index (χ1) is 12.0. The average Bonchev–Trinajstić information content (AvgIpc) is 3.24. The van der Waals surface area contributed by atoms with E-state index in [1.54, 1.807) is 0 Å². The largest absolute Gasteiger partial charge is 0.392 e.